The highest BCUT2D eigenvalue weighted by Gasteiger charge is 2.78. The number of carbonyl (C=O) groups is 3. The number of rotatable bonds is 13. The van der Waals surface area contributed by atoms with Gasteiger partial charge in [-0.3, -0.25) is 14.4 Å². The largest absolute Gasteiger partial charge is 0.395 e. The zero-order valence-corrected chi connectivity index (χ0v) is 22.7. The lowest BCUT2D eigenvalue weighted by Gasteiger charge is -2.36. The van der Waals surface area contributed by atoms with Crippen molar-refractivity contribution in [1.82, 2.24) is 14.7 Å². The molecular weight excluding hydrogens is 482 g/mol. The van der Waals surface area contributed by atoms with Crippen LogP contribution in [0.25, 0.3) is 0 Å². The summed E-state index contributed by atoms with van der Waals surface area (Å²) in [6.07, 6.45) is 6.21. The number of nitrogens with zero attached hydrogens (tertiary/aromatic N) is 3. The fourth-order valence-corrected chi connectivity index (χ4v) is 6.79. The maximum absolute atomic E-state index is 14.2. The Morgan fingerprint density at radius 3 is 2.45 bits per heavy atom. The first-order valence-corrected chi connectivity index (χ1v) is 13.7. The number of amides is 3. The van der Waals surface area contributed by atoms with Gasteiger partial charge >= 0.3 is 0 Å². The van der Waals surface area contributed by atoms with Crippen molar-refractivity contribution < 1.29 is 24.2 Å². The second-order valence-corrected chi connectivity index (χ2v) is 10.9. The average molecular weight is 524 g/mol. The van der Waals surface area contributed by atoms with Gasteiger partial charge in [0.15, 0.2) is 0 Å². The lowest BCUT2D eigenvalue weighted by molar-refractivity contribution is -0.154. The Kier molecular flexibility index (Phi) is 8.43. The zero-order chi connectivity index (χ0) is 27.5. The molecule has 2 unspecified atom stereocenters. The van der Waals surface area contributed by atoms with Gasteiger partial charge in [-0.05, 0) is 31.7 Å². The van der Waals surface area contributed by atoms with Crippen molar-refractivity contribution in [2.45, 2.75) is 63.3 Å². The monoisotopic (exact) mass is 523 g/mol. The highest BCUT2D eigenvalue weighted by molar-refractivity contribution is 5.99. The van der Waals surface area contributed by atoms with E-state index in [9.17, 15) is 19.5 Å². The Balaban J connectivity index is 1.71. The van der Waals surface area contributed by atoms with E-state index in [2.05, 4.69) is 20.1 Å². The molecule has 0 radical (unpaired) electrons. The predicted molar refractivity (Wildman–Crippen MR) is 145 cm³/mol. The van der Waals surface area contributed by atoms with E-state index in [0.29, 0.717) is 39.0 Å². The second kappa shape index (κ2) is 11.4. The van der Waals surface area contributed by atoms with Crippen molar-refractivity contribution in [2.24, 2.45) is 11.8 Å². The molecule has 38 heavy (non-hydrogen) atoms. The molecule has 1 spiro atoms. The van der Waals surface area contributed by atoms with E-state index in [1.54, 1.807) is 22.0 Å². The van der Waals surface area contributed by atoms with Crippen LogP contribution in [0.5, 0.6) is 0 Å². The van der Waals surface area contributed by atoms with Crippen molar-refractivity contribution in [3.8, 4) is 0 Å². The molecule has 4 rings (SSSR count). The van der Waals surface area contributed by atoms with Gasteiger partial charge in [0, 0.05) is 32.7 Å². The number of β-amino-alcohol motifs (C(OH)–C–C–N with tert-alkyl or cyclic N) is 1. The Morgan fingerprint density at radius 1 is 1.13 bits per heavy atom. The quantitative estimate of drug-likeness (QED) is 0.402. The molecule has 1 aromatic rings. The Hall–Kier alpha value is -2.97. The SMILES string of the molecule is C=CCN(CCCC)C(=O)C1N(CCO)C(=O)[C@@H]2[C@@H](C(=O)N(CC=C)Cc3ccccc3)[C@@]3(C)CCC12O3. The topological polar surface area (TPSA) is 90.4 Å². The van der Waals surface area contributed by atoms with Crippen molar-refractivity contribution >= 4 is 17.7 Å². The number of hydrogen-bond acceptors (Lipinski definition) is 5. The minimum absolute atomic E-state index is 0.0184. The molecular formula is C30H41N3O5. The molecule has 206 valence electrons. The fourth-order valence-electron chi connectivity index (χ4n) is 6.79. The van der Waals surface area contributed by atoms with E-state index in [4.69, 9.17) is 4.74 Å². The van der Waals surface area contributed by atoms with Gasteiger partial charge in [0.1, 0.15) is 11.6 Å². The number of carbonyl (C=O) groups excluding carboxylic acids is 3. The van der Waals surface area contributed by atoms with Gasteiger partial charge in [0.2, 0.25) is 17.7 Å². The normalized spacial score (nSPS) is 29.3. The molecule has 3 aliphatic heterocycles. The van der Waals surface area contributed by atoms with Gasteiger partial charge in [-0.25, -0.2) is 0 Å². The van der Waals surface area contributed by atoms with E-state index in [0.717, 1.165) is 18.4 Å². The van der Waals surface area contributed by atoms with Crippen LogP contribution >= 0.6 is 0 Å². The van der Waals surface area contributed by atoms with Crippen LogP contribution in [-0.2, 0) is 25.7 Å². The van der Waals surface area contributed by atoms with Crippen LogP contribution in [0.15, 0.2) is 55.6 Å². The minimum atomic E-state index is -1.10. The lowest BCUT2D eigenvalue weighted by Crippen LogP contribution is -2.56. The summed E-state index contributed by atoms with van der Waals surface area (Å²) in [7, 11) is 0. The fraction of sp³-hybridized carbons (Fsp3) is 0.567. The van der Waals surface area contributed by atoms with Crippen LogP contribution in [0.3, 0.4) is 0 Å². The van der Waals surface area contributed by atoms with Crippen LogP contribution in [0.4, 0.5) is 0 Å². The van der Waals surface area contributed by atoms with Crippen LogP contribution in [-0.4, -0.2) is 87.6 Å². The third-order valence-electron chi connectivity index (χ3n) is 8.44. The molecule has 3 saturated heterocycles. The average Bonchev–Trinajstić information content (AvgIpc) is 3.47. The summed E-state index contributed by atoms with van der Waals surface area (Å²) in [6.45, 7) is 13.0. The first kappa shape index (κ1) is 28.0. The molecule has 2 bridgehead atoms. The maximum atomic E-state index is 14.2. The van der Waals surface area contributed by atoms with E-state index in [1.165, 1.54) is 4.90 Å². The Morgan fingerprint density at radius 2 is 1.82 bits per heavy atom. The van der Waals surface area contributed by atoms with Crippen molar-refractivity contribution in [3.05, 3.63) is 61.2 Å². The van der Waals surface area contributed by atoms with E-state index < -0.39 is 29.1 Å². The first-order valence-electron chi connectivity index (χ1n) is 13.7. The highest BCUT2D eigenvalue weighted by atomic mass is 16.5. The molecule has 8 heteroatoms. The van der Waals surface area contributed by atoms with Gasteiger partial charge < -0.3 is 24.5 Å². The van der Waals surface area contributed by atoms with Crippen LogP contribution < -0.4 is 0 Å². The number of hydrogen-bond donors (Lipinski definition) is 1. The smallest absolute Gasteiger partial charge is 0.248 e. The van der Waals surface area contributed by atoms with E-state index in [1.807, 2.05) is 37.3 Å². The molecule has 5 atom stereocenters. The third-order valence-corrected chi connectivity index (χ3v) is 8.44. The number of benzene rings is 1. The summed E-state index contributed by atoms with van der Waals surface area (Å²) in [5.74, 6) is -2.16. The first-order chi connectivity index (χ1) is 18.3. The predicted octanol–water partition coefficient (Wildman–Crippen LogP) is 2.77. The van der Waals surface area contributed by atoms with Gasteiger partial charge in [0.25, 0.3) is 0 Å². The Bertz CT molecular complexity index is 1060. The van der Waals surface area contributed by atoms with Gasteiger partial charge in [-0.1, -0.05) is 55.8 Å². The van der Waals surface area contributed by atoms with E-state index >= 15 is 0 Å². The summed E-state index contributed by atoms with van der Waals surface area (Å²) >= 11 is 0. The molecule has 3 aliphatic rings. The zero-order valence-electron chi connectivity index (χ0n) is 22.7. The summed E-state index contributed by atoms with van der Waals surface area (Å²) < 4.78 is 6.71. The van der Waals surface area contributed by atoms with Crippen molar-refractivity contribution in [1.29, 1.82) is 0 Å². The number of aliphatic hydroxyl groups is 1. The standard InChI is InChI=1S/C30H41N3O5/c1-5-8-18-31(16-6-2)28(37)25-30-15-14-29(4,38-30)23(24(30)27(36)33(25)19-20-34)26(35)32(17-7-3)21-22-12-10-9-11-13-22/h6-7,9-13,23-25,34H,2-3,5,8,14-21H2,1,4H3/t23-,24-,25?,29+,30?/m0/s1. The molecule has 3 fully saturated rings. The Labute approximate surface area is 225 Å². The number of likely N-dealkylation sites (tertiary alicyclic amines) is 1. The minimum Gasteiger partial charge on any atom is -0.395 e. The van der Waals surface area contributed by atoms with Gasteiger partial charge in [-0.15, -0.1) is 13.2 Å². The molecule has 0 saturated carbocycles. The molecule has 1 N–H and O–H groups in total. The maximum Gasteiger partial charge on any atom is 0.248 e. The summed E-state index contributed by atoms with van der Waals surface area (Å²) in [5, 5.41) is 9.84. The molecule has 3 amide bonds. The van der Waals surface area contributed by atoms with Crippen molar-refractivity contribution in [2.75, 3.05) is 32.8 Å². The number of fused-ring (bicyclic) bond motifs is 1. The van der Waals surface area contributed by atoms with E-state index in [-0.39, 0.29) is 30.9 Å². The second-order valence-electron chi connectivity index (χ2n) is 10.9. The van der Waals surface area contributed by atoms with Crippen molar-refractivity contribution in [3.63, 3.8) is 0 Å². The number of unbranched alkanes of at least 4 members (excludes halogenated alkanes) is 1. The lowest BCUT2D eigenvalue weighted by atomic mass is 9.66. The number of ether oxygens (including phenoxy) is 1. The molecule has 0 aromatic heterocycles. The summed E-state index contributed by atoms with van der Waals surface area (Å²) in [5.41, 5.74) is -0.976. The van der Waals surface area contributed by atoms with Gasteiger partial charge in [0.05, 0.1) is 24.0 Å². The highest BCUT2D eigenvalue weighted by Crippen LogP contribution is 2.63. The summed E-state index contributed by atoms with van der Waals surface area (Å²) in [6, 6.07) is 8.84. The molecule has 8 nitrogen and oxygen atoms in total. The molecule has 1 aromatic carbocycles. The molecule has 3 heterocycles. The van der Waals surface area contributed by atoms with Crippen LogP contribution in [0.1, 0.15) is 45.1 Å². The number of aliphatic hydroxyl groups excluding tert-OH is 1. The third kappa shape index (κ3) is 4.69. The molecule has 0 aliphatic carbocycles. The summed E-state index contributed by atoms with van der Waals surface area (Å²) in [4.78, 5) is 47.2. The van der Waals surface area contributed by atoms with Crippen LogP contribution in [0.2, 0.25) is 0 Å². The van der Waals surface area contributed by atoms with Gasteiger partial charge in [-0.2, -0.15) is 0 Å². The van der Waals surface area contributed by atoms with Crippen LogP contribution in [0, 0.1) is 11.8 Å².